The molecule has 0 atom stereocenters. The van der Waals surface area contributed by atoms with Crippen LogP contribution in [-0.4, -0.2) is 9.97 Å². The second kappa shape index (κ2) is 3.59. The van der Waals surface area contributed by atoms with E-state index in [4.69, 9.17) is 29.6 Å². The predicted molar refractivity (Wildman–Crippen MR) is 63.8 cm³/mol. The van der Waals surface area contributed by atoms with Gasteiger partial charge in [-0.1, -0.05) is 29.9 Å². The number of nitrogens with one attached hydrogen (secondary N) is 1. The third-order valence-corrected chi connectivity index (χ3v) is 2.47. The Labute approximate surface area is 92.1 Å². The minimum Gasteiger partial charge on any atom is -0.393 e. The summed E-state index contributed by atoms with van der Waals surface area (Å²) >= 11 is 10.7. The number of benzene rings is 1. The molecule has 0 radical (unpaired) electrons. The Morgan fingerprint density at radius 2 is 2.29 bits per heavy atom. The number of H-pyrrole nitrogens is 1. The predicted octanol–water partition coefficient (Wildman–Crippen LogP) is 2.65. The van der Waals surface area contributed by atoms with Crippen LogP contribution in [0.5, 0.6) is 0 Å². The second-order valence-corrected chi connectivity index (χ2v) is 4.11. The number of aromatic amines is 1. The quantitative estimate of drug-likeness (QED) is 0.771. The van der Waals surface area contributed by atoms with Gasteiger partial charge in [0.05, 0.1) is 4.99 Å². The Morgan fingerprint density at radius 1 is 1.50 bits per heavy atom. The molecule has 0 unspecified atom stereocenters. The smallest absolute Gasteiger partial charge is 0.0772 e. The summed E-state index contributed by atoms with van der Waals surface area (Å²) in [4.78, 5) is 3.64. The van der Waals surface area contributed by atoms with Gasteiger partial charge < -0.3 is 10.7 Å². The van der Waals surface area contributed by atoms with Gasteiger partial charge in [0.1, 0.15) is 0 Å². The zero-order valence-corrected chi connectivity index (χ0v) is 8.95. The van der Waals surface area contributed by atoms with Crippen molar-refractivity contribution >= 4 is 39.7 Å². The van der Waals surface area contributed by atoms with Crippen LogP contribution in [0.4, 0.5) is 0 Å². The third-order valence-electron chi connectivity index (χ3n) is 2.09. The molecule has 0 aliphatic rings. The van der Waals surface area contributed by atoms with Gasteiger partial charge in [-0.3, -0.25) is 0 Å². The van der Waals surface area contributed by atoms with E-state index in [0.29, 0.717) is 11.4 Å². The highest BCUT2D eigenvalue weighted by Crippen LogP contribution is 2.22. The van der Waals surface area contributed by atoms with Crippen LogP contribution in [0.3, 0.4) is 0 Å². The molecule has 0 aliphatic heterocycles. The van der Waals surface area contributed by atoms with Gasteiger partial charge in [-0.25, -0.2) is 0 Å². The molecule has 2 rings (SSSR count). The first-order valence-electron chi connectivity index (χ1n) is 4.20. The molecule has 14 heavy (non-hydrogen) atoms. The Balaban J connectivity index is 2.52. The maximum Gasteiger partial charge on any atom is 0.0772 e. The standard InChI is InChI=1S/C10H9ClN2S/c11-7-1-2-8-6(3-10(12)14)5-13-9(8)4-7/h1-2,4-5,13H,3H2,(H2,12,14). The first-order valence-corrected chi connectivity index (χ1v) is 4.99. The number of fused-ring (bicyclic) bond motifs is 1. The molecule has 0 bridgehead atoms. The highest BCUT2D eigenvalue weighted by atomic mass is 35.5. The average Bonchev–Trinajstić information content (AvgIpc) is 2.47. The number of hydrogen-bond donors (Lipinski definition) is 2. The minimum atomic E-state index is 0.501. The third kappa shape index (κ3) is 1.74. The van der Waals surface area contributed by atoms with Crippen LogP contribution in [-0.2, 0) is 6.42 Å². The van der Waals surface area contributed by atoms with E-state index in [-0.39, 0.29) is 0 Å². The van der Waals surface area contributed by atoms with Gasteiger partial charge in [0.15, 0.2) is 0 Å². The Hall–Kier alpha value is -1.06. The summed E-state index contributed by atoms with van der Waals surface area (Å²) < 4.78 is 0. The van der Waals surface area contributed by atoms with Gasteiger partial charge in [-0.15, -0.1) is 0 Å². The van der Waals surface area contributed by atoms with Gasteiger partial charge in [0.25, 0.3) is 0 Å². The van der Waals surface area contributed by atoms with Crippen molar-refractivity contribution < 1.29 is 0 Å². The van der Waals surface area contributed by atoms with Crippen LogP contribution in [0.2, 0.25) is 5.02 Å². The van der Waals surface area contributed by atoms with Crippen LogP contribution in [0, 0.1) is 0 Å². The van der Waals surface area contributed by atoms with E-state index in [9.17, 15) is 0 Å². The average molecular weight is 225 g/mol. The molecule has 1 aromatic heterocycles. The number of thiocarbonyl (C=S) groups is 1. The van der Waals surface area contributed by atoms with E-state index in [2.05, 4.69) is 4.98 Å². The first kappa shape index (κ1) is 9.49. The van der Waals surface area contributed by atoms with Crippen LogP contribution in [0.1, 0.15) is 5.56 Å². The van der Waals surface area contributed by atoms with Crippen molar-refractivity contribution in [2.75, 3.05) is 0 Å². The number of nitrogens with two attached hydrogens (primary N) is 1. The Bertz CT molecular complexity index is 490. The molecule has 0 fully saturated rings. The molecule has 2 aromatic rings. The highest BCUT2D eigenvalue weighted by Gasteiger charge is 2.04. The fraction of sp³-hybridized carbons (Fsp3) is 0.100. The van der Waals surface area contributed by atoms with Crippen LogP contribution >= 0.6 is 23.8 Å². The molecule has 0 amide bonds. The molecule has 0 saturated carbocycles. The first-order chi connectivity index (χ1) is 6.66. The van der Waals surface area contributed by atoms with Crippen molar-refractivity contribution in [1.29, 1.82) is 0 Å². The second-order valence-electron chi connectivity index (χ2n) is 3.15. The van der Waals surface area contributed by atoms with Gasteiger partial charge >= 0.3 is 0 Å². The number of aromatic nitrogens is 1. The fourth-order valence-corrected chi connectivity index (χ4v) is 1.82. The summed E-state index contributed by atoms with van der Waals surface area (Å²) in [6.45, 7) is 0. The minimum absolute atomic E-state index is 0.501. The summed E-state index contributed by atoms with van der Waals surface area (Å²) in [5.41, 5.74) is 7.63. The number of hydrogen-bond acceptors (Lipinski definition) is 1. The van der Waals surface area contributed by atoms with Crippen molar-refractivity contribution in [2.45, 2.75) is 6.42 Å². The van der Waals surface area contributed by atoms with Crippen molar-refractivity contribution in [2.24, 2.45) is 5.73 Å². The molecule has 72 valence electrons. The molecule has 1 aromatic carbocycles. The summed E-state index contributed by atoms with van der Waals surface area (Å²) in [7, 11) is 0. The molecule has 3 N–H and O–H groups in total. The van der Waals surface area contributed by atoms with E-state index in [1.54, 1.807) is 0 Å². The van der Waals surface area contributed by atoms with Crippen molar-refractivity contribution in [1.82, 2.24) is 4.98 Å². The molecule has 0 spiro atoms. The van der Waals surface area contributed by atoms with E-state index >= 15 is 0 Å². The zero-order chi connectivity index (χ0) is 10.1. The van der Waals surface area contributed by atoms with Crippen molar-refractivity contribution in [3.63, 3.8) is 0 Å². The normalized spacial score (nSPS) is 10.6. The summed E-state index contributed by atoms with van der Waals surface area (Å²) in [6, 6.07) is 5.72. The van der Waals surface area contributed by atoms with Crippen LogP contribution in [0.15, 0.2) is 24.4 Å². The lowest BCUT2D eigenvalue weighted by Gasteiger charge is -1.96. The molecular formula is C10H9ClN2S. The van der Waals surface area contributed by atoms with Crippen LogP contribution in [0.25, 0.3) is 10.9 Å². The summed E-state index contributed by atoms with van der Waals surface area (Å²) in [5.74, 6) is 0. The molecular weight excluding hydrogens is 216 g/mol. The lowest BCUT2D eigenvalue weighted by atomic mass is 10.1. The van der Waals surface area contributed by atoms with Gasteiger partial charge in [-0.2, -0.15) is 0 Å². The largest absolute Gasteiger partial charge is 0.393 e. The Kier molecular flexibility index (Phi) is 2.44. The van der Waals surface area contributed by atoms with Gasteiger partial charge in [0.2, 0.25) is 0 Å². The molecule has 4 heteroatoms. The molecule has 0 aliphatic carbocycles. The SMILES string of the molecule is NC(=S)Cc1c[nH]c2cc(Cl)ccc12. The Morgan fingerprint density at radius 3 is 3.00 bits per heavy atom. The lowest BCUT2D eigenvalue weighted by Crippen LogP contribution is -2.10. The van der Waals surface area contributed by atoms with Crippen molar-refractivity contribution in [3.05, 3.63) is 35.0 Å². The van der Waals surface area contributed by atoms with E-state index in [0.717, 1.165) is 21.5 Å². The monoisotopic (exact) mass is 224 g/mol. The molecule has 0 saturated heterocycles. The topological polar surface area (TPSA) is 41.8 Å². The van der Waals surface area contributed by atoms with Crippen LogP contribution < -0.4 is 5.73 Å². The maximum absolute atomic E-state index is 5.86. The number of halogens is 1. The molecule has 2 nitrogen and oxygen atoms in total. The zero-order valence-electron chi connectivity index (χ0n) is 7.38. The van der Waals surface area contributed by atoms with E-state index < -0.39 is 0 Å². The van der Waals surface area contributed by atoms with E-state index in [1.807, 2.05) is 24.4 Å². The van der Waals surface area contributed by atoms with Gasteiger partial charge in [-0.05, 0) is 17.7 Å². The highest BCUT2D eigenvalue weighted by molar-refractivity contribution is 7.80. The van der Waals surface area contributed by atoms with Crippen molar-refractivity contribution in [3.8, 4) is 0 Å². The summed E-state index contributed by atoms with van der Waals surface area (Å²) in [5, 5.41) is 1.85. The summed E-state index contributed by atoms with van der Waals surface area (Å²) in [6.07, 6.45) is 2.54. The van der Waals surface area contributed by atoms with Gasteiger partial charge in [0, 0.05) is 28.5 Å². The number of rotatable bonds is 2. The molecule has 1 heterocycles. The fourth-order valence-electron chi connectivity index (χ4n) is 1.49. The maximum atomic E-state index is 5.86. The van der Waals surface area contributed by atoms with E-state index in [1.165, 1.54) is 0 Å². The lowest BCUT2D eigenvalue weighted by molar-refractivity contribution is 1.34.